The molecule has 4 aromatic rings. The summed E-state index contributed by atoms with van der Waals surface area (Å²) in [5, 5.41) is 11.3. The van der Waals surface area contributed by atoms with Gasteiger partial charge in [-0.25, -0.2) is 0 Å². The maximum absolute atomic E-state index is 11.3. The maximum atomic E-state index is 11.3. The summed E-state index contributed by atoms with van der Waals surface area (Å²) in [6, 6.07) is 23.5. The summed E-state index contributed by atoms with van der Waals surface area (Å²) < 4.78 is 32.1. The fourth-order valence-electron chi connectivity index (χ4n) is 9.00. The number of aliphatic hydroxyl groups excluding tert-OH is 1. The molecule has 6 bridgehead atoms. The Labute approximate surface area is 320 Å². The van der Waals surface area contributed by atoms with E-state index in [1.165, 1.54) is 28.7 Å². The third-order valence-electron chi connectivity index (χ3n) is 12.0. The van der Waals surface area contributed by atoms with Gasteiger partial charge >= 0.3 is 0 Å². The highest BCUT2D eigenvalue weighted by molar-refractivity contribution is 5.63. The number of hydrogen-bond acceptors (Lipinski definition) is 9. The molecule has 9 nitrogen and oxygen atoms in total. The fraction of sp³-hybridized carbons (Fsp3) is 0.467. The van der Waals surface area contributed by atoms with Gasteiger partial charge < -0.3 is 33.7 Å². The molecular weight excluding hydrogens is 679 g/mol. The lowest BCUT2D eigenvalue weighted by atomic mass is 9.87. The highest BCUT2D eigenvalue weighted by Gasteiger charge is 2.34. The molecule has 9 heteroatoms. The summed E-state index contributed by atoms with van der Waals surface area (Å²) in [6.07, 6.45) is 5.13. The molecule has 0 amide bonds. The first-order valence-electron chi connectivity index (χ1n) is 19.7. The average molecular weight is 734 g/mol. The second-order valence-corrected chi connectivity index (χ2v) is 15.9. The molecule has 286 valence electrons. The minimum atomic E-state index is -0.660. The summed E-state index contributed by atoms with van der Waals surface area (Å²) in [6.45, 7) is 6.86. The lowest BCUT2D eigenvalue weighted by molar-refractivity contribution is 0.0521. The number of fused-ring (bicyclic) bond motifs is 2. The standard InChI is InChI=1S/C45H55N3O6/c1-29-7-6-18-48(26-29)27-34(49)28-52-44-42(51-5)24-33-17-20-47(3)39-22-31-10-15-40(50-4)41(23-31)53-35-12-8-30(9-13-35)21-38-37-25-36(54-45(44)43(33)39)14-11-32(37)16-19-46(38)2/h8-15,23-25,29,34,38-39,49H,6-7,16-22,26-28H2,1-5H3/t29?,34?,38-,39-/m0/s1. The highest BCUT2D eigenvalue weighted by atomic mass is 16.5. The van der Waals surface area contributed by atoms with Crippen LogP contribution in [-0.2, 0) is 25.7 Å². The van der Waals surface area contributed by atoms with Crippen LogP contribution >= 0.6 is 0 Å². The Kier molecular flexibility index (Phi) is 10.8. The third kappa shape index (κ3) is 7.65. The van der Waals surface area contributed by atoms with Gasteiger partial charge in [0.1, 0.15) is 24.2 Å². The fourth-order valence-corrected chi connectivity index (χ4v) is 9.00. The Hall–Kier alpha value is -4.28. The number of aliphatic hydroxyl groups is 1. The van der Waals surface area contributed by atoms with E-state index < -0.39 is 6.10 Å². The van der Waals surface area contributed by atoms with Crippen molar-refractivity contribution in [2.24, 2.45) is 5.92 Å². The number of piperidine rings is 1. The smallest absolute Gasteiger partial charge is 0.204 e. The van der Waals surface area contributed by atoms with Crippen molar-refractivity contribution in [3.05, 3.63) is 100 Å². The molecule has 0 aromatic heterocycles. The van der Waals surface area contributed by atoms with Gasteiger partial charge in [-0.3, -0.25) is 9.80 Å². The van der Waals surface area contributed by atoms with Crippen LogP contribution in [0.4, 0.5) is 0 Å². The van der Waals surface area contributed by atoms with Gasteiger partial charge in [-0.15, -0.1) is 0 Å². The van der Waals surface area contributed by atoms with Gasteiger partial charge in [0.25, 0.3) is 0 Å². The summed E-state index contributed by atoms with van der Waals surface area (Å²) >= 11 is 0. The minimum absolute atomic E-state index is 0.0345. The predicted molar refractivity (Wildman–Crippen MR) is 211 cm³/mol. The van der Waals surface area contributed by atoms with Crippen molar-refractivity contribution < 1.29 is 28.8 Å². The lowest BCUT2D eigenvalue weighted by Crippen LogP contribution is -2.41. The van der Waals surface area contributed by atoms with Crippen molar-refractivity contribution in [3.63, 3.8) is 0 Å². The minimum Gasteiger partial charge on any atom is -0.493 e. The van der Waals surface area contributed by atoms with Crippen molar-refractivity contribution in [2.45, 2.75) is 63.6 Å². The Morgan fingerprint density at radius 1 is 0.778 bits per heavy atom. The molecule has 5 heterocycles. The van der Waals surface area contributed by atoms with E-state index in [0.717, 1.165) is 74.5 Å². The van der Waals surface area contributed by atoms with Crippen LogP contribution in [0.25, 0.3) is 0 Å². The quantitative estimate of drug-likeness (QED) is 0.207. The number of β-amino-alcohol motifs (C(OH)–C–C–N with tert-alkyl or cyclic N) is 1. The largest absolute Gasteiger partial charge is 0.493 e. The van der Waals surface area contributed by atoms with E-state index in [1.54, 1.807) is 14.2 Å². The highest BCUT2D eigenvalue weighted by Crippen LogP contribution is 2.51. The van der Waals surface area contributed by atoms with E-state index >= 15 is 0 Å². The summed E-state index contributed by atoms with van der Waals surface area (Å²) in [5.41, 5.74) is 7.24. The normalized spacial score (nSPS) is 22.2. The Bertz CT molecular complexity index is 1950. The van der Waals surface area contributed by atoms with Gasteiger partial charge in [0.2, 0.25) is 5.75 Å². The number of nitrogens with zero attached hydrogens (tertiary/aromatic N) is 3. The van der Waals surface area contributed by atoms with Crippen LogP contribution in [0.2, 0.25) is 0 Å². The number of hydrogen-bond donors (Lipinski definition) is 1. The van der Waals surface area contributed by atoms with Gasteiger partial charge in [-0.2, -0.15) is 0 Å². The zero-order valence-corrected chi connectivity index (χ0v) is 32.5. The van der Waals surface area contributed by atoms with Gasteiger partial charge in [0, 0.05) is 43.8 Å². The van der Waals surface area contributed by atoms with Crippen LogP contribution in [-0.4, -0.2) is 93.6 Å². The second-order valence-electron chi connectivity index (χ2n) is 15.9. The molecule has 4 aromatic carbocycles. The van der Waals surface area contributed by atoms with Crippen molar-refractivity contribution in [1.82, 2.24) is 14.7 Å². The number of likely N-dealkylation sites (N-methyl/N-ethyl adjacent to an activating group) is 2. The molecule has 5 aliphatic rings. The SMILES string of the molecule is COc1ccc2cc1Oc1ccc(cc1)C[C@H]1c3cc(ccc3CCN1C)Oc1c(OCC(O)CN3CCCC(C)C3)c(OC)cc3c1[C@H](C2)N(C)CC3. The zero-order valence-electron chi connectivity index (χ0n) is 32.5. The molecule has 2 unspecified atom stereocenters. The second kappa shape index (κ2) is 15.8. The molecule has 0 saturated carbocycles. The molecule has 0 radical (unpaired) electrons. The van der Waals surface area contributed by atoms with Crippen LogP contribution in [0.15, 0.2) is 66.7 Å². The Balaban J connectivity index is 1.25. The van der Waals surface area contributed by atoms with Crippen molar-refractivity contribution in [3.8, 4) is 40.2 Å². The molecule has 1 saturated heterocycles. The van der Waals surface area contributed by atoms with Crippen LogP contribution < -0.4 is 23.7 Å². The van der Waals surface area contributed by atoms with Crippen LogP contribution in [0, 0.1) is 5.92 Å². The molecule has 5 aliphatic heterocycles. The van der Waals surface area contributed by atoms with Gasteiger partial charge in [0.15, 0.2) is 23.0 Å². The van der Waals surface area contributed by atoms with Crippen LogP contribution in [0.1, 0.15) is 65.2 Å². The van der Waals surface area contributed by atoms with E-state index in [9.17, 15) is 5.11 Å². The summed E-state index contributed by atoms with van der Waals surface area (Å²) in [5.74, 6) is 5.34. The molecule has 54 heavy (non-hydrogen) atoms. The molecule has 0 spiro atoms. The molecule has 9 rings (SSSR count). The number of benzene rings is 4. The number of ether oxygens (including phenoxy) is 5. The maximum Gasteiger partial charge on any atom is 0.204 e. The number of rotatable bonds is 7. The van der Waals surface area contributed by atoms with Crippen molar-refractivity contribution >= 4 is 0 Å². The average Bonchev–Trinajstić information content (AvgIpc) is 3.17. The third-order valence-corrected chi connectivity index (χ3v) is 12.0. The molecule has 4 atom stereocenters. The summed E-state index contributed by atoms with van der Waals surface area (Å²) in [4.78, 5) is 7.20. The predicted octanol–water partition coefficient (Wildman–Crippen LogP) is 7.62. The monoisotopic (exact) mass is 733 g/mol. The van der Waals surface area contributed by atoms with Crippen molar-refractivity contribution in [1.29, 1.82) is 0 Å². The molecular formula is C45H55N3O6. The van der Waals surface area contributed by atoms with E-state index in [4.69, 9.17) is 23.7 Å². The summed E-state index contributed by atoms with van der Waals surface area (Å²) in [7, 11) is 7.76. The van der Waals surface area contributed by atoms with Crippen LogP contribution in [0.5, 0.6) is 40.2 Å². The first-order chi connectivity index (χ1) is 26.3. The Morgan fingerprint density at radius 3 is 2.28 bits per heavy atom. The van der Waals surface area contributed by atoms with Gasteiger partial charge in [-0.05, 0) is 135 Å². The first-order valence-corrected chi connectivity index (χ1v) is 19.7. The van der Waals surface area contributed by atoms with Gasteiger partial charge in [-0.1, -0.05) is 31.2 Å². The first kappa shape index (κ1) is 36.7. The van der Waals surface area contributed by atoms with E-state index in [-0.39, 0.29) is 18.7 Å². The topological polar surface area (TPSA) is 76.1 Å². The molecule has 1 fully saturated rings. The van der Waals surface area contributed by atoms with E-state index in [2.05, 4.69) is 96.4 Å². The van der Waals surface area contributed by atoms with Gasteiger partial charge in [0.05, 0.1) is 14.2 Å². The van der Waals surface area contributed by atoms with E-state index in [1.807, 2.05) is 6.07 Å². The molecule has 1 N–H and O–H groups in total. The van der Waals surface area contributed by atoms with Crippen molar-refractivity contribution in [2.75, 3.05) is 67.6 Å². The van der Waals surface area contributed by atoms with Crippen LogP contribution in [0.3, 0.4) is 0 Å². The zero-order chi connectivity index (χ0) is 37.3. The lowest BCUT2D eigenvalue weighted by Gasteiger charge is -2.37. The van der Waals surface area contributed by atoms with E-state index in [0.29, 0.717) is 47.6 Å². The number of likely N-dealkylation sites (tertiary alicyclic amines) is 1. The number of methoxy groups -OCH3 is 2. The molecule has 0 aliphatic carbocycles. The Morgan fingerprint density at radius 2 is 1.50 bits per heavy atom.